The number of benzene rings is 1. The summed E-state index contributed by atoms with van der Waals surface area (Å²) in [5, 5.41) is 9.77. The Bertz CT molecular complexity index is 1090. The molecule has 0 radical (unpaired) electrons. The van der Waals surface area contributed by atoms with E-state index in [1.165, 1.54) is 23.1 Å². The molecule has 1 aliphatic carbocycles. The number of anilines is 1. The normalized spacial score (nSPS) is 19.9. The highest BCUT2D eigenvalue weighted by atomic mass is 32.2. The van der Waals surface area contributed by atoms with Crippen molar-refractivity contribution >= 4 is 45.8 Å². The smallest absolute Gasteiger partial charge is 0.247 e. The van der Waals surface area contributed by atoms with Crippen molar-refractivity contribution in [2.24, 2.45) is 5.92 Å². The molecule has 8 nitrogen and oxygen atoms in total. The summed E-state index contributed by atoms with van der Waals surface area (Å²) in [7, 11) is 1.73. The van der Waals surface area contributed by atoms with Gasteiger partial charge in [-0.2, -0.15) is 0 Å². The van der Waals surface area contributed by atoms with Crippen molar-refractivity contribution in [3.8, 4) is 11.3 Å². The molecule has 2 heterocycles. The van der Waals surface area contributed by atoms with Crippen LogP contribution in [-0.2, 0) is 14.4 Å². The zero-order chi connectivity index (χ0) is 26.4. The Hall–Kier alpha value is -2.43. The third-order valence-corrected chi connectivity index (χ3v) is 9.37. The average molecular weight is 544 g/mol. The number of hydrogen-bond acceptors (Lipinski definition) is 7. The molecule has 1 saturated heterocycles. The fourth-order valence-electron chi connectivity index (χ4n) is 5.20. The predicted molar refractivity (Wildman–Crippen MR) is 150 cm³/mol. The minimum atomic E-state index is -0.608. The summed E-state index contributed by atoms with van der Waals surface area (Å²) in [6.07, 6.45) is 8.41. The predicted octanol–water partition coefficient (Wildman–Crippen LogP) is 4.13. The van der Waals surface area contributed by atoms with Gasteiger partial charge in [0.05, 0.1) is 6.04 Å². The summed E-state index contributed by atoms with van der Waals surface area (Å²) >= 11 is 2.99. The molecule has 10 heteroatoms. The van der Waals surface area contributed by atoms with Crippen molar-refractivity contribution < 1.29 is 14.4 Å². The van der Waals surface area contributed by atoms with Crippen LogP contribution in [0.5, 0.6) is 0 Å². The van der Waals surface area contributed by atoms with E-state index in [1.54, 1.807) is 18.9 Å². The summed E-state index contributed by atoms with van der Waals surface area (Å²) in [6.45, 7) is 2.30. The monoisotopic (exact) mass is 543 g/mol. The van der Waals surface area contributed by atoms with Gasteiger partial charge in [0, 0.05) is 12.1 Å². The fraction of sp³-hybridized carbons (Fsp3) is 0.556. The van der Waals surface area contributed by atoms with Crippen molar-refractivity contribution in [3.63, 3.8) is 0 Å². The second-order valence-electron chi connectivity index (χ2n) is 9.80. The minimum Gasteiger partial charge on any atom is -0.343 e. The first-order valence-electron chi connectivity index (χ1n) is 13.1. The van der Waals surface area contributed by atoms with Crippen molar-refractivity contribution in [1.29, 1.82) is 0 Å². The number of nitrogens with one attached hydrogen (secondary N) is 3. The highest BCUT2D eigenvalue weighted by Crippen LogP contribution is 2.37. The number of aromatic nitrogens is 1. The molecule has 200 valence electrons. The maximum atomic E-state index is 13.9. The quantitative estimate of drug-likeness (QED) is 0.411. The Balaban J connectivity index is 1.53. The molecule has 0 unspecified atom stereocenters. The maximum Gasteiger partial charge on any atom is 0.247 e. The molecule has 3 atom stereocenters. The Morgan fingerprint density at radius 2 is 1.81 bits per heavy atom. The van der Waals surface area contributed by atoms with Gasteiger partial charge in [-0.15, -0.1) is 0 Å². The lowest BCUT2D eigenvalue weighted by molar-refractivity contribution is -0.142. The molecule has 2 fully saturated rings. The molecule has 4 rings (SSSR count). The Morgan fingerprint density at radius 1 is 1.08 bits per heavy atom. The molecule has 0 spiro atoms. The maximum absolute atomic E-state index is 13.9. The van der Waals surface area contributed by atoms with Crippen LogP contribution in [0.2, 0.25) is 0 Å². The third-order valence-electron chi connectivity index (χ3n) is 7.42. The number of likely N-dealkylation sites (tertiary alicyclic amines) is 1. The van der Waals surface area contributed by atoms with Crippen LogP contribution >= 0.6 is 23.1 Å². The van der Waals surface area contributed by atoms with Crippen LogP contribution in [0, 0.1) is 5.92 Å². The van der Waals surface area contributed by atoms with Gasteiger partial charge >= 0.3 is 0 Å². The zero-order valence-corrected chi connectivity index (χ0v) is 23.4. The van der Waals surface area contributed by atoms with Crippen LogP contribution in [0.25, 0.3) is 11.3 Å². The van der Waals surface area contributed by atoms with Crippen LogP contribution in [0.15, 0.2) is 34.7 Å². The first-order chi connectivity index (χ1) is 17.9. The van der Waals surface area contributed by atoms with Gasteiger partial charge in [-0.1, -0.05) is 72.7 Å². The Morgan fingerprint density at radius 3 is 2.49 bits per heavy atom. The zero-order valence-electron chi connectivity index (χ0n) is 21.8. The first kappa shape index (κ1) is 27.6. The second kappa shape index (κ2) is 12.9. The largest absolute Gasteiger partial charge is 0.343 e. The van der Waals surface area contributed by atoms with Crippen molar-refractivity contribution in [3.05, 3.63) is 30.3 Å². The molecule has 37 heavy (non-hydrogen) atoms. The van der Waals surface area contributed by atoms with Crippen molar-refractivity contribution in [1.82, 2.24) is 20.5 Å². The number of rotatable bonds is 9. The first-order valence-corrected chi connectivity index (χ1v) is 15.2. The van der Waals surface area contributed by atoms with Gasteiger partial charge in [0.25, 0.3) is 0 Å². The summed E-state index contributed by atoms with van der Waals surface area (Å²) in [5.41, 5.74) is 1.68. The molecule has 1 aromatic heterocycles. The lowest BCUT2D eigenvalue weighted by Crippen LogP contribution is -2.57. The number of hydrogen-bond donors (Lipinski definition) is 3. The summed E-state index contributed by atoms with van der Waals surface area (Å²) in [5.74, 6) is -0.433. The highest BCUT2D eigenvalue weighted by molar-refractivity contribution is 8.00. The van der Waals surface area contributed by atoms with Crippen LogP contribution < -0.4 is 16.0 Å². The van der Waals surface area contributed by atoms with Crippen molar-refractivity contribution in [2.45, 2.75) is 74.3 Å². The summed E-state index contributed by atoms with van der Waals surface area (Å²) in [6, 6.07) is 8.22. The van der Waals surface area contributed by atoms with Crippen LogP contribution in [0.3, 0.4) is 0 Å². The number of carbonyl (C=O) groups excluding carboxylic acids is 3. The third kappa shape index (κ3) is 6.53. The van der Waals surface area contributed by atoms with Gasteiger partial charge in [0.1, 0.15) is 22.8 Å². The lowest BCUT2D eigenvalue weighted by atomic mass is 9.83. The van der Waals surface area contributed by atoms with Gasteiger partial charge < -0.3 is 20.9 Å². The van der Waals surface area contributed by atoms with Crippen LogP contribution in [0.4, 0.5) is 5.00 Å². The van der Waals surface area contributed by atoms with Crippen LogP contribution in [-0.4, -0.2) is 65.6 Å². The lowest BCUT2D eigenvalue weighted by Gasteiger charge is -2.35. The van der Waals surface area contributed by atoms with E-state index in [0.717, 1.165) is 54.1 Å². The highest BCUT2D eigenvalue weighted by Gasteiger charge is 2.41. The molecular formula is C27H37N5O3S2. The van der Waals surface area contributed by atoms with E-state index in [1.807, 2.05) is 36.6 Å². The number of carbonyl (C=O) groups is 3. The molecule has 0 bridgehead atoms. The molecule has 3 N–H and O–H groups in total. The number of amides is 3. The van der Waals surface area contributed by atoms with Gasteiger partial charge in [-0.05, 0) is 51.8 Å². The molecule has 1 saturated carbocycles. The van der Waals surface area contributed by atoms with E-state index in [9.17, 15) is 14.4 Å². The van der Waals surface area contributed by atoms with Crippen LogP contribution in [0.1, 0.15) is 51.9 Å². The number of thioether (sulfide) groups is 1. The van der Waals surface area contributed by atoms with E-state index >= 15 is 0 Å². The van der Waals surface area contributed by atoms with Gasteiger partial charge in [-0.3, -0.25) is 14.4 Å². The van der Waals surface area contributed by atoms with E-state index in [-0.39, 0.29) is 23.6 Å². The van der Waals surface area contributed by atoms with Gasteiger partial charge in [-0.25, -0.2) is 4.98 Å². The SMILES string of the molecule is CN[C@@H](C)C(=O)N[C@H](C(=O)N1CCC[C@H]1C(=O)Nc1sc(SC)nc1-c1ccccc1)C1CCCCC1. The van der Waals surface area contributed by atoms with E-state index < -0.39 is 18.1 Å². The Labute approximate surface area is 227 Å². The molecule has 2 aliphatic rings. The second-order valence-corrected chi connectivity index (χ2v) is 11.9. The minimum absolute atomic E-state index is 0.0916. The molecule has 1 aliphatic heterocycles. The van der Waals surface area contributed by atoms with E-state index in [2.05, 4.69) is 16.0 Å². The number of nitrogens with zero attached hydrogens (tertiary/aromatic N) is 2. The number of thiazole rings is 1. The van der Waals surface area contributed by atoms with E-state index in [4.69, 9.17) is 4.98 Å². The molecule has 1 aromatic carbocycles. The van der Waals surface area contributed by atoms with Crippen molar-refractivity contribution in [2.75, 3.05) is 25.2 Å². The van der Waals surface area contributed by atoms with Gasteiger partial charge in [0.15, 0.2) is 4.34 Å². The Kier molecular flexibility index (Phi) is 9.61. The summed E-state index contributed by atoms with van der Waals surface area (Å²) < 4.78 is 0.868. The standard InChI is InChI=1S/C27H37N5O3S2/c1-17(28-2)23(33)29-22(19-13-8-5-9-14-19)26(35)32-16-10-15-20(32)24(34)31-25-21(30-27(36-3)37-25)18-11-6-4-7-12-18/h4,6-7,11-12,17,19-20,22,28H,5,8-10,13-16H2,1-3H3,(H,29,33)(H,31,34)/t17-,20-,22-/m0/s1. The average Bonchev–Trinajstić information content (AvgIpc) is 3.59. The molecule has 3 amide bonds. The van der Waals surface area contributed by atoms with E-state index in [0.29, 0.717) is 18.0 Å². The topological polar surface area (TPSA) is 103 Å². The fourth-order valence-corrected chi connectivity index (χ4v) is 6.69. The number of likely N-dealkylation sites (N-methyl/N-ethyl adjacent to an activating group) is 1. The summed E-state index contributed by atoms with van der Waals surface area (Å²) in [4.78, 5) is 46.6. The molecule has 2 aromatic rings. The van der Waals surface area contributed by atoms with Gasteiger partial charge in [0.2, 0.25) is 17.7 Å². The molecular weight excluding hydrogens is 506 g/mol.